The molecule has 2 N–H and O–H groups in total. The van der Waals surface area contributed by atoms with Gasteiger partial charge in [0.2, 0.25) is 0 Å². The van der Waals surface area contributed by atoms with Crippen LogP contribution >= 0.6 is 0 Å². The number of hydrogen-bond donors (Lipinski definition) is 2. The summed E-state index contributed by atoms with van der Waals surface area (Å²) in [6.45, 7) is 2.11. The summed E-state index contributed by atoms with van der Waals surface area (Å²) in [6, 6.07) is 10.3. The van der Waals surface area contributed by atoms with E-state index in [1.165, 1.54) is 13.2 Å². The van der Waals surface area contributed by atoms with E-state index in [0.717, 1.165) is 23.3 Å². The van der Waals surface area contributed by atoms with Gasteiger partial charge in [0.25, 0.3) is 0 Å². The lowest BCUT2D eigenvalue weighted by molar-refractivity contribution is 0.104. The number of hydrogen-bond acceptors (Lipinski definition) is 2. The summed E-state index contributed by atoms with van der Waals surface area (Å²) in [6.07, 6.45) is -0.354. The smallest absolute Gasteiger partial charge is 0.319 e. The SMILES string of the molecule is CO[C@H](CNC(=O)Nc1c(F)cccc1F)c1ccccc1C. The molecule has 122 valence electrons. The Morgan fingerprint density at radius 3 is 2.39 bits per heavy atom. The number of amides is 2. The van der Waals surface area contributed by atoms with Gasteiger partial charge in [-0.15, -0.1) is 0 Å². The molecule has 0 aliphatic rings. The quantitative estimate of drug-likeness (QED) is 0.881. The van der Waals surface area contributed by atoms with Gasteiger partial charge in [0, 0.05) is 13.7 Å². The van der Waals surface area contributed by atoms with E-state index in [0.29, 0.717) is 0 Å². The fourth-order valence-corrected chi connectivity index (χ4v) is 2.23. The van der Waals surface area contributed by atoms with Crippen LogP contribution in [0.4, 0.5) is 19.3 Å². The molecule has 0 aliphatic heterocycles. The zero-order chi connectivity index (χ0) is 16.8. The molecule has 6 heteroatoms. The Hall–Kier alpha value is -2.47. The molecule has 23 heavy (non-hydrogen) atoms. The van der Waals surface area contributed by atoms with Crippen LogP contribution in [0.1, 0.15) is 17.2 Å². The molecule has 2 amide bonds. The van der Waals surface area contributed by atoms with Crippen molar-refractivity contribution in [2.24, 2.45) is 0 Å². The van der Waals surface area contributed by atoms with Crippen molar-refractivity contribution < 1.29 is 18.3 Å². The van der Waals surface area contributed by atoms with Gasteiger partial charge in [-0.05, 0) is 30.2 Å². The molecular formula is C17H18F2N2O2. The van der Waals surface area contributed by atoms with Crippen molar-refractivity contribution in [3.8, 4) is 0 Å². The number of ether oxygens (including phenoxy) is 1. The Balaban J connectivity index is 1.99. The summed E-state index contributed by atoms with van der Waals surface area (Å²) >= 11 is 0. The molecule has 0 bridgehead atoms. The third kappa shape index (κ3) is 4.26. The van der Waals surface area contributed by atoms with Crippen LogP contribution in [0.5, 0.6) is 0 Å². The first-order valence-corrected chi connectivity index (χ1v) is 7.10. The first-order valence-electron chi connectivity index (χ1n) is 7.10. The summed E-state index contributed by atoms with van der Waals surface area (Å²) < 4.78 is 32.3. The second kappa shape index (κ2) is 7.69. The number of methoxy groups -OCH3 is 1. The Labute approximate surface area is 133 Å². The van der Waals surface area contributed by atoms with E-state index in [4.69, 9.17) is 4.74 Å². The average molecular weight is 320 g/mol. The first-order chi connectivity index (χ1) is 11.0. The van der Waals surface area contributed by atoms with Crippen molar-refractivity contribution in [2.45, 2.75) is 13.0 Å². The molecule has 0 saturated heterocycles. The highest BCUT2D eigenvalue weighted by molar-refractivity contribution is 5.89. The number of nitrogens with one attached hydrogen (secondary N) is 2. The van der Waals surface area contributed by atoms with Crippen LogP contribution in [-0.2, 0) is 4.74 Å². The molecule has 0 aliphatic carbocycles. The maximum atomic E-state index is 13.5. The number of aryl methyl sites for hydroxylation is 1. The van der Waals surface area contributed by atoms with Crippen molar-refractivity contribution >= 4 is 11.7 Å². The van der Waals surface area contributed by atoms with Gasteiger partial charge in [-0.25, -0.2) is 13.6 Å². The first kappa shape index (κ1) is 16.9. The summed E-state index contributed by atoms with van der Waals surface area (Å²) in [5.74, 6) is -1.66. The molecule has 0 fully saturated rings. The van der Waals surface area contributed by atoms with Crippen molar-refractivity contribution in [3.63, 3.8) is 0 Å². The highest BCUT2D eigenvalue weighted by Gasteiger charge is 2.16. The number of urea groups is 1. The molecule has 0 unspecified atom stereocenters. The second-order valence-corrected chi connectivity index (χ2v) is 5.01. The lowest BCUT2D eigenvalue weighted by Gasteiger charge is -2.19. The molecule has 0 spiro atoms. The van der Waals surface area contributed by atoms with Gasteiger partial charge in [-0.2, -0.15) is 0 Å². The lowest BCUT2D eigenvalue weighted by Crippen LogP contribution is -2.33. The maximum absolute atomic E-state index is 13.5. The van der Waals surface area contributed by atoms with E-state index in [9.17, 15) is 13.6 Å². The van der Waals surface area contributed by atoms with E-state index in [-0.39, 0.29) is 12.6 Å². The number of anilines is 1. The molecule has 0 heterocycles. The minimum atomic E-state index is -0.831. The van der Waals surface area contributed by atoms with Crippen LogP contribution in [0.25, 0.3) is 0 Å². The van der Waals surface area contributed by atoms with Gasteiger partial charge in [0.15, 0.2) is 0 Å². The second-order valence-electron chi connectivity index (χ2n) is 5.01. The van der Waals surface area contributed by atoms with E-state index < -0.39 is 23.4 Å². The van der Waals surface area contributed by atoms with Crippen LogP contribution in [0.15, 0.2) is 42.5 Å². The van der Waals surface area contributed by atoms with E-state index in [1.807, 2.05) is 31.2 Å². The van der Waals surface area contributed by atoms with Gasteiger partial charge in [-0.3, -0.25) is 0 Å². The van der Waals surface area contributed by atoms with Gasteiger partial charge in [0.1, 0.15) is 17.3 Å². The Morgan fingerprint density at radius 2 is 1.78 bits per heavy atom. The number of para-hydroxylation sites is 1. The van der Waals surface area contributed by atoms with Gasteiger partial charge in [0.05, 0.1) is 6.10 Å². The van der Waals surface area contributed by atoms with Gasteiger partial charge >= 0.3 is 6.03 Å². The average Bonchev–Trinajstić information content (AvgIpc) is 2.53. The monoisotopic (exact) mass is 320 g/mol. The number of carbonyl (C=O) groups excluding carboxylic acids is 1. The molecule has 2 aromatic carbocycles. The van der Waals surface area contributed by atoms with Crippen molar-refractivity contribution in [3.05, 3.63) is 65.2 Å². The predicted molar refractivity (Wildman–Crippen MR) is 84.3 cm³/mol. The lowest BCUT2D eigenvalue weighted by atomic mass is 10.0. The minimum Gasteiger partial charge on any atom is -0.375 e. The van der Waals surface area contributed by atoms with Crippen LogP contribution < -0.4 is 10.6 Å². The minimum absolute atomic E-state index is 0.170. The number of rotatable bonds is 5. The van der Waals surface area contributed by atoms with E-state index >= 15 is 0 Å². The van der Waals surface area contributed by atoms with Crippen LogP contribution in [0, 0.1) is 18.6 Å². The summed E-state index contributed by atoms with van der Waals surface area (Å²) in [5.41, 5.74) is 1.49. The zero-order valence-electron chi connectivity index (χ0n) is 12.9. The molecule has 4 nitrogen and oxygen atoms in total. The highest BCUT2D eigenvalue weighted by atomic mass is 19.1. The molecule has 0 radical (unpaired) electrons. The molecule has 0 saturated carbocycles. The standard InChI is InChI=1S/C17H18F2N2O2/c1-11-6-3-4-7-12(11)15(23-2)10-20-17(22)21-16-13(18)8-5-9-14(16)19/h3-9,15H,10H2,1-2H3,(H2,20,21,22)/t15-/m1/s1. The highest BCUT2D eigenvalue weighted by Crippen LogP contribution is 2.20. The van der Waals surface area contributed by atoms with E-state index in [1.54, 1.807) is 0 Å². The molecular weight excluding hydrogens is 302 g/mol. The summed E-state index contributed by atoms with van der Waals surface area (Å²) in [5, 5.41) is 4.72. The topological polar surface area (TPSA) is 50.4 Å². The summed E-state index contributed by atoms with van der Waals surface area (Å²) in [4.78, 5) is 11.8. The number of halogens is 2. The molecule has 1 atom stereocenters. The Bertz CT molecular complexity index is 672. The summed E-state index contributed by atoms with van der Waals surface area (Å²) in [7, 11) is 1.53. The molecule has 2 rings (SSSR count). The fourth-order valence-electron chi connectivity index (χ4n) is 2.23. The fraction of sp³-hybridized carbons (Fsp3) is 0.235. The van der Waals surface area contributed by atoms with Gasteiger partial charge in [-0.1, -0.05) is 30.3 Å². The van der Waals surface area contributed by atoms with E-state index in [2.05, 4.69) is 10.6 Å². The predicted octanol–water partition coefficient (Wildman–Crippen LogP) is 3.78. The Morgan fingerprint density at radius 1 is 1.13 bits per heavy atom. The van der Waals surface area contributed by atoms with Crippen LogP contribution in [0.2, 0.25) is 0 Å². The molecule has 2 aromatic rings. The van der Waals surface area contributed by atoms with Crippen LogP contribution in [0.3, 0.4) is 0 Å². The number of carbonyl (C=O) groups is 1. The third-order valence-electron chi connectivity index (χ3n) is 3.47. The largest absolute Gasteiger partial charge is 0.375 e. The van der Waals surface area contributed by atoms with Crippen molar-refractivity contribution in [1.29, 1.82) is 0 Å². The third-order valence-corrected chi connectivity index (χ3v) is 3.47. The molecule has 0 aromatic heterocycles. The zero-order valence-corrected chi connectivity index (χ0v) is 12.9. The van der Waals surface area contributed by atoms with Crippen LogP contribution in [-0.4, -0.2) is 19.7 Å². The Kier molecular flexibility index (Phi) is 5.65. The maximum Gasteiger partial charge on any atom is 0.319 e. The van der Waals surface area contributed by atoms with Gasteiger partial charge < -0.3 is 15.4 Å². The van der Waals surface area contributed by atoms with Crippen molar-refractivity contribution in [2.75, 3.05) is 19.0 Å². The normalized spacial score (nSPS) is 11.8. The number of benzene rings is 2. The van der Waals surface area contributed by atoms with Crippen molar-refractivity contribution in [1.82, 2.24) is 5.32 Å².